The van der Waals surface area contributed by atoms with Crippen molar-refractivity contribution in [1.82, 2.24) is 5.32 Å². The normalized spacial score (nSPS) is 16.8. The summed E-state index contributed by atoms with van der Waals surface area (Å²) < 4.78 is 17.5. The fourth-order valence-corrected chi connectivity index (χ4v) is 4.28. The van der Waals surface area contributed by atoms with Crippen molar-refractivity contribution in [3.8, 4) is 28.4 Å². The van der Waals surface area contributed by atoms with Crippen LogP contribution in [0.5, 0.6) is 17.2 Å². The zero-order chi connectivity index (χ0) is 22.1. The maximum atomic E-state index is 11.2. The number of carboxylic acid groups (broad SMARTS) is 1. The number of hydrogen-bond acceptors (Lipinski definition) is 5. The second-order valence-electron chi connectivity index (χ2n) is 8.14. The molecule has 0 aromatic heterocycles. The number of carboxylic acids is 1. The monoisotopic (exact) mass is 431 g/mol. The van der Waals surface area contributed by atoms with Crippen molar-refractivity contribution in [1.29, 1.82) is 0 Å². The molecule has 6 heteroatoms. The van der Waals surface area contributed by atoms with Gasteiger partial charge in [-0.15, -0.1) is 0 Å². The third kappa shape index (κ3) is 4.01. The van der Waals surface area contributed by atoms with Gasteiger partial charge in [-0.05, 0) is 71.0 Å². The van der Waals surface area contributed by atoms with Crippen molar-refractivity contribution < 1.29 is 24.1 Å². The van der Waals surface area contributed by atoms with E-state index < -0.39 is 12.0 Å². The summed E-state index contributed by atoms with van der Waals surface area (Å²) in [5.74, 6) is 1.53. The molecule has 2 aliphatic heterocycles. The van der Waals surface area contributed by atoms with E-state index in [4.69, 9.17) is 14.2 Å². The number of ether oxygens (including phenoxy) is 3. The maximum Gasteiger partial charge on any atom is 0.321 e. The van der Waals surface area contributed by atoms with Crippen molar-refractivity contribution in [2.24, 2.45) is 0 Å². The van der Waals surface area contributed by atoms with E-state index in [-0.39, 0.29) is 0 Å². The quantitative estimate of drug-likeness (QED) is 0.633. The van der Waals surface area contributed by atoms with Crippen LogP contribution in [-0.4, -0.2) is 30.3 Å². The number of nitrogens with one attached hydrogen (secondary N) is 1. The number of carbonyl (C=O) groups is 1. The highest BCUT2D eigenvalue weighted by atomic mass is 16.6. The Labute approximate surface area is 186 Å². The molecule has 0 aliphatic carbocycles. The predicted molar refractivity (Wildman–Crippen MR) is 120 cm³/mol. The molecule has 0 spiro atoms. The summed E-state index contributed by atoms with van der Waals surface area (Å²) in [6, 6.07) is 17.6. The van der Waals surface area contributed by atoms with Crippen molar-refractivity contribution in [3.63, 3.8) is 0 Å². The molecule has 1 unspecified atom stereocenters. The molecule has 5 rings (SSSR count). The first-order chi connectivity index (χ1) is 15.6. The van der Waals surface area contributed by atoms with Gasteiger partial charge in [-0.1, -0.05) is 30.3 Å². The number of hydrogen-bond donors (Lipinski definition) is 2. The minimum atomic E-state index is -0.815. The van der Waals surface area contributed by atoms with Gasteiger partial charge in [0, 0.05) is 6.54 Å². The Bertz CT molecular complexity index is 1170. The molecule has 3 aromatic rings. The molecule has 0 fully saturated rings. The maximum absolute atomic E-state index is 11.2. The van der Waals surface area contributed by atoms with Gasteiger partial charge in [0.2, 0.25) is 0 Å². The van der Waals surface area contributed by atoms with Crippen LogP contribution in [0.3, 0.4) is 0 Å². The molecule has 1 atom stereocenters. The van der Waals surface area contributed by atoms with Gasteiger partial charge in [0.1, 0.15) is 31.6 Å². The van der Waals surface area contributed by atoms with Crippen molar-refractivity contribution in [3.05, 3.63) is 76.9 Å². The lowest BCUT2D eigenvalue weighted by atomic mass is 9.95. The lowest BCUT2D eigenvalue weighted by Crippen LogP contribution is -2.41. The Morgan fingerprint density at radius 2 is 1.91 bits per heavy atom. The van der Waals surface area contributed by atoms with Crippen LogP contribution in [0.1, 0.15) is 22.3 Å². The Hall–Kier alpha value is -3.51. The molecule has 2 N–H and O–H groups in total. The van der Waals surface area contributed by atoms with Crippen molar-refractivity contribution >= 4 is 5.97 Å². The highest BCUT2D eigenvalue weighted by Crippen LogP contribution is 2.36. The average molecular weight is 431 g/mol. The summed E-state index contributed by atoms with van der Waals surface area (Å²) in [5, 5.41) is 12.3. The fraction of sp³-hybridized carbons (Fsp3) is 0.269. The van der Waals surface area contributed by atoms with E-state index in [1.54, 1.807) is 0 Å². The minimum absolute atomic E-state index is 0.453. The van der Waals surface area contributed by atoms with Gasteiger partial charge in [-0.3, -0.25) is 4.79 Å². The molecule has 0 saturated heterocycles. The Morgan fingerprint density at radius 1 is 1.06 bits per heavy atom. The molecule has 2 aliphatic rings. The van der Waals surface area contributed by atoms with Crippen LogP contribution in [0, 0.1) is 6.92 Å². The first kappa shape index (κ1) is 20.4. The SMILES string of the molecule is Cc1c(COc2ccc3c(c2)CNC(C(=O)O)C3)cccc1-c1ccc2c(c1)OCCO2. The second-order valence-corrected chi connectivity index (χ2v) is 8.14. The van der Waals surface area contributed by atoms with Crippen LogP contribution < -0.4 is 19.5 Å². The topological polar surface area (TPSA) is 77.0 Å². The van der Waals surface area contributed by atoms with Crippen LogP contribution in [0.2, 0.25) is 0 Å². The Morgan fingerprint density at radius 3 is 2.75 bits per heavy atom. The zero-order valence-corrected chi connectivity index (χ0v) is 17.9. The van der Waals surface area contributed by atoms with E-state index in [0.717, 1.165) is 50.6 Å². The second kappa shape index (κ2) is 8.55. The number of benzene rings is 3. The number of rotatable bonds is 5. The van der Waals surface area contributed by atoms with Gasteiger partial charge in [0.25, 0.3) is 0 Å². The van der Waals surface area contributed by atoms with Crippen molar-refractivity contribution in [2.75, 3.05) is 13.2 Å². The molecule has 164 valence electrons. The van der Waals surface area contributed by atoms with Gasteiger partial charge in [-0.25, -0.2) is 0 Å². The number of aliphatic carboxylic acids is 1. The summed E-state index contributed by atoms with van der Waals surface area (Å²) >= 11 is 0. The predicted octanol–water partition coefficient (Wildman–Crippen LogP) is 4.11. The minimum Gasteiger partial charge on any atom is -0.489 e. The van der Waals surface area contributed by atoms with E-state index in [1.807, 2.05) is 36.4 Å². The summed E-state index contributed by atoms with van der Waals surface area (Å²) in [4.78, 5) is 11.2. The smallest absolute Gasteiger partial charge is 0.321 e. The van der Waals surface area contributed by atoms with Gasteiger partial charge in [0.15, 0.2) is 11.5 Å². The third-order valence-corrected chi connectivity index (χ3v) is 6.13. The lowest BCUT2D eigenvalue weighted by Gasteiger charge is -2.23. The summed E-state index contributed by atoms with van der Waals surface area (Å²) in [6.45, 7) is 4.23. The Kier molecular flexibility index (Phi) is 5.45. The first-order valence-corrected chi connectivity index (χ1v) is 10.8. The summed E-state index contributed by atoms with van der Waals surface area (Å²) in [7, 11) is 0. The highest BCUT2D eigenvalue weighted by molar-refractivity contribution is 5.74. The molecule has 32 heavy (non-hydrogen) atoms. The molecule has 3 aromatic carbocycles. The van der Waals surface area contributed by atoms with E-state index in [2.05, 4.69) is 30.4 Å². The summed E-state index contributed by atoms with van der Waals surface area (Å²) in [6.07, 6.45) is 0.488. The molecule has 2 heterocycles. The average Bonchev–Trinajstić information content (AvgIpc) is 2.82. The Balaban J connectivity index is 1.32. The van der Waals surface area contributed by atoms with Gasteiger partial charge in [-0.2, -0.15) is 0 Å². The van der Waals surface area contributed by atoms with Gasteiger partial charge in [0.05, 0.1) is 0 Å². The van der Waals surface area contributed by atoms with E-state index >= 15 is 0 Å². The largest absolute Gasteiger partial charge is 0.489 e. The lowest BCUT2D eigenvalue weighted by molar-refractivity contribution is -0.139. The van der Waals surface area contributed by atoms with Gasteiger partial charge >= 0.3 is 5.97 Å². The third-order valence-electron chi connectivity index (χ3n) is 6.13. The molecule has 0 bridgehead atoms. The van der Waals surface area contributed by atoms with Gasteiger partial charge < -0.3 is 24.6 Å². The van der Waals surface area contributed by atoms with E-state index in [0.29, 0.717) is 32.8 Å². The summed E-state index contributed by atoms with van der Waals surface area (Å²) in [5.41, 5.74) is 6.63. The molecular weight excluding hydrogens is 406 g/mol. The molecule has 0 amide bonds. The standard InChI is InChI=1S/C26H25NO5/c1-16-19(3-2-4-22(16)18-6-8-24-25(13-18)31-10-9-30-24)15-32-21-7-5-17-12-23(26(28)29)27-14-20(17)11-21/h2-8,11,13,23,27H,9-10,12,14-15H2,1H3,(H,28,29). The van der Waals surface area contributed by atoms with Crippen LogP contribution >= 0.6 is 0 Å². The molecular formula is C26H25NO5. The van der Waals surface area contributed by atoms with Crippen LogP contribution in [0.4, 0.5) is 0 Å². The fourth-order valence-electron chi connectivity index (χ4n) is 4.28. The first-order valence-electron chi connectivity index (χ1n) is 10.8. The van der Waals surface area contributed by atoms with Crippen LogP contribution in [0.15, 0.2) is 54.6 Å². The van der Waals surface area contributed by atoms with E-state index in [9.17, 15) is 9.90 Å². The van der Waals surface area contributed by atoms with E-state index in [1.165, 1.54) is 0 Å². The number of fused-ring (bicyclic) bond motifs is 2. The molecule has 6 nitrogen and oxygen atoms in total. The molecule has 0 radical (unpaired) electrons. The zero-order valence-electron chi connectivity index (χ0n) is 17.9. The molecule has 0 saturated carbocycles. The van der Waals surface area contributed by atoms with Crippen LogP contribution in [-0.2, 0) is 24.4 Å². The highest BCUT2D eigenvalue weighted by Gasteiger charge is 2.23. The van der Waals surface area contributed by atoms with Crippen LogP contribution in [0.25, 0.3) is 11.1 Å². The van der Waals surface area contributed by atoms with Crippen molar-refractivity contribution in [2.45, 2.75) is 32.5 Å².